The minimum Gasteiger partial charge on any atom is -0.337 e. The second kappa shape index (κ2) is 7.12. The van der Waals surface area contributed by atoms with Crippen LogP contribution in [0.1, 0.15) is 28.9 Å². The highest BCUT2D eigenvalue weighted by Crippen LogP contribution is 2.38. The molecule has 148 valence electrons. The molecule has 3 heterocycles. The van der Waals surface area contributed by atoms with Crippen LogP contribution in [0.4, 0.5) is 4.39 Å². The molecule has 7 nitrogen and oxygen atoms in total. The third-order valence-electron chi connectivity index (χ3n) is 5.57. The summed E-state index contributed by atoms with van der Waals surface area (Å²) in [6, 6.07) is 7.77. The molecule has 28 heavy (non-hydrogen) atoms. The standard InChI is InChI=1S/C19H21FN4O3S/c1-22-16(5-8-21-22)18(26)23-9-6-19(7-10-23)24(17(25)13-28(19)27)12-14-3-2-4-15(20)11-14/h2-5,8,11H,6-7,9-10,12-13H2,1H3. The van der Waals surface area contributed by atoms with Crippen molar-refractivity contribution >= 4 is 22.6 Å². The fourth-order valence-corrected chi connectivity index (χ4v) is 5.73. The second-order valence-electron chi connectivity index (χ2n) is 7.18. The first-order valence-corrected chi connectivity index (χ1v) is 10.4. The first kappa shape index (κ1) is 18.8. The van der Waals surface area contributed by atoms with E-state index in [1.807, 2.05) is 0 Å². The van der Waals surface area contributed by atoms with E-state index in [1.165, 1.54) is 16.8 Å². The lowest BCUT2D eigenvalue weighted by Crippen LogP contribution is -2.55. The lowest BCUT2D eigenvalue weighted by molar-refractivity contribution is -0.131. The molecule has 9 heteroatoms. The number of nitrogens with zero attached hydrogens (tertiary/aromatic N) is 4. The zero-order chi connectivity index (χ0) is 19.9. The van der Waals surface area contributed by atoms with Gasteiger partial charge in [0.1, 0.15) is 22.1 Å². The number of aromatic nitrogens is 2. The fraction of sp³-hybridized carbons (Fsp3) is 0.421. The van der Waals surface area contributed by atoms with Crippen LogP contribution in [-0.4, -0.2) is 59.3 Å². The Morgan fingerprint density at radius 2 is 2.04 bits per heavy atom. The number of likely N-dealkylation sites (tertiary alicyclic amines) is 1. The smallest absolute Gasteiger partial charge is 0.272 e. The van der Waals surface area contributed by atoms with E-state index < -0.39 is 15.7 Å². The monoisotopic (exact) mass is 404 g/mol. The van der Waals surface area contributed by atoms with Crippen molar-refractivity contribution in [2.45, 2.75) is 24.3 Å². The summed E-state index contributed by atoms with van der Waals surface area (Å²) in [4.78, 5) is 27.8. The van der Waals surface area contributed by atoms with Crippen molar-refractivity contribution in [3.05, 3.63) is 53.6 Å². The van der Waals surface area contributed by atoms with Gasteiger partial charge in [-0.05, 0) is 23.8 Å². The van der Waals surface area contributed by atoms with Crippen molar-refractivity contribution < 1.29 is 18.2 Å². The van der Waals surface area contributed by atoms with Crippen LogP contribution in [0.15, 0.2) is 36.5 Å². The average molecular weight is 404 g/mol. The molecular weight excluding hydrogens is 383 g/mol. The quantitative estimate of drug-likeness (QED) is 0.773. The lowest BCUT2D eigenvalue weighted by atomic mass is 10.0. The molecule has 4 rings (SSSR count). The molecule has 1 aromatic heterocycles. The Hall–Kier alpha value is -2.55. The van der Waals surface area contributed by atoms with Gasteiger partial charge in [0.05, 0.1) is 10.8 Å². The van der Waals surface area contributed by atoms with Crippen LogP contribution in [0.3, 0.4) is 0 Å². The summed E-state index contributed by atoms with van der Waals surface area (Å²) in [6.45, 7) is 1.03. The van der Waals surface area contributed by atoms with Gasteiger partial charge < -0.3 is 9.80 Å². The summed E-state index contributed by atoms with van der Waals surface area (Å²) in [5.41, 5.74) is 1.16. The number of halogens is 1. The zero-order valence-electron chi connectivity index (χ0n) is 15.5. The number of rotatable bonds is 3. The van der Waals surface area contributed by atoms with E-state index in [-0.39, 0.29) is 29.9 Å². The average Bonchev–Trinajstić information content (AvgIpc) is 3.19. The zero-order valence-corrected chi connectivity index (χ0v) is 16.3. The predicted octanol–water partition coefficient (Wildman–Crippen LogP) is 1.28. The summed E-state index contributed by atoms with van der Waals surface area (Å²) >= 11 is 0. The minimum atomic E-state index is -1.35. The van der Waals surface area contributed by atoms with E-state index in [1.54, 1.807) is 41.2 Å². The SMILES string of the molecule is Cn1nccc1C(=O)N1CCC2(CC1)N(Cc1cccc(F)c1)C(=O)CS2=O. The molecule has 1 unspecified atom stereocenters. The van der Waals surface area contributed by atoms with Crippen LogP contribution in [0.2, 0.25) is 0 Å². The molecule has 2 aromatic rings. The normalized spacial score (nSPS) is 21.5. The van der Waals surface area contributed by atoms with E-state index in [0.29, 0.717) is 37.2 Å². The molecule has 0 radical (unpaired) electrons. The number of amides is 2. The van der Waals surface area contributed by atoms with Crippen molar-refractivity contribution in [1.29, 1.82) is 0 Å². The molecule has 2 amide bonds. The topological polar surface area (TPSA) is 75.5 Å². The molecule has 2 aliphatic rings. The van der Waals surface area contributed by atoms with Gasteiger partial charge in [-0.2, -0.15) is 5.10 Å². The van der Waals surface area contributed by atoms with Gasteiger partial charge in [0.25, 0.3) is 5.91 Å². The first-order chi connectivity index (χ1) is 13.4. The molecule has 2 saturated heterocycles. The number of carbonyl (C=O) groups excluding carboxylic acids is 2. The van der Waals surface area contributed by atoms with Crippen LogP contribution < -0.4 is 0 Å². The predicted molar refractivity (Wildman–Crippen MR) is 101 cm³/mol. The largest absolute Gasteiger partial charge is 0.337 e. The summed E-state index contributed by atoms with van der Waals surface area (Å²) < 4.78 is 27.9. The summed E-state index contributed by atoms with van der Waals surface area (Å²) in [5, 5.41) is 4.03. The Morgan fingerprint density at radius 3 is 2.68 bits per heavy atom. The number of hydrogen-bond donors (Lipinski definition) is 0. The van der Waals surface area contributed by atoms with Gasteiger partial charge in [-0.3, -0.25) is 18.5 Å². The van der Waals surface area contributed by atoms with Crippen molar-refractivity contribution in [2.24, 2.45) is 7.05 Å². The van der Waals surface area contributed by atoms with Crippen molar-refractivity contribution in [1.82, 2.24) is 19.6 Å². The molecule has 0 saturated carbocycles. The highest BCUT2D eigenvalue weighted by Gasteiger charge is 2.53. The summed E-state index contributed by atoms with van der Waals surface area (Å²) in [5.74, 6) is -0.697. The van der Waals surface area contributed by atoms with Gasteiger partial charge >= 0.3 is 0 Å². The molecule has 1 atom stereocenters. The minimum absolute atomic E-state index is 0.0228. The first-order valence-electron chi connectivity index (χ1n) is 9.11. The maximum absolute atomic E-state index is 13.5. The molecule has 1 aromatic carbocycles. The van der Waals surface area contributed by atoms with Gasteiger partial charge in [-0.15, -0.1) is 0 Å². The molecule has 1 spiro atoms. The van der Waals surface area contributed by atoms with Gasteiger partial charge in [0.2, 0.25) is 5.91 Å². The number of carbonyl (C=O) groups is 2. The van der Waals surface area contributed by atoms with E-state index in [2.05, 4.69) is 5.10 Å². The Bertz CT molecular complexity index is 952. The number of aryl methyl sites for hydroxylation is 1. The Morgan fingerprint density at radius 1 is 1.29 bits per heavy atom. The molecule has 2 fully saturated rings. The second-order valence-corrected chi connectivity index (χ2v) is 8.92. The number of hydrogen-bond acceptors (Lipinski definition) is 4. The van der Waals surface area contributed by atoms with Crippen molar-refractivity contribution in [2.75, 3.05) is 18.8 Å². The maximum atomic E-state index is 13.5. The van der Waals surface area contributed by atoms with Crippen LogP contribution in [-0.2, 0) is 29.2 Å². The highest BCUT2D eigenvalue weighted by atomic mass is 32.2. The van der Waals surface area contributed by atoms with E-state index in [9.17, 15) is 18.2 Å². The van der Waals surface area contributed by atoms with Crippen LogP contribution in [0, 0.1) is 5.82 Å². The molecule has 0 aliphatic carbocycles. The van der Waals surface area contributed by atoms with E-state index in [4.69, 9.17) is 0 Å². The Labute approximate surface area is 164 Å². The van der Waals surface area contributed by atoms with Gasteiger partial charge in [-0.25, -0.2) is 4.39 Å². The van der Waals surface area contributed by atoms with Crippen LogP contribution >= 0.6 is 0 Å². The molecular formula is C19H21FN4O3S. The van der Waals surface area contributed by atoms with E-state index >= 15 is 0 Å². The fourth-order valence-electron chi connectivity index (χ4n) is 4.03. The van der Waals surface area contributed by atoms with E-state index in [0.717, 1.165) is 0 Å². The van der Waals surface area contributed by atoms with Gasteiger partial charge in [0.15, 0.2) is 0 Å². The lowest BCUT2D eigenvalue weighted by Gasteiger charge is -2.43. The maximum Gasteiger partial charge on any atom is 0.272 e. The number of benzene rings is 1. The third-order valence-corrected chi connectivity index (χ3v) is 7.56. The molecule has 0 N–H and O–H groups in total. The van der Waals surface area contributed by atoms with Crippen molar-refractivity contribution in [3.8, 4) is 0 Å². The summed E-state index contributed by atoms with van der Waals surface area (Å²) in [7, 11) is 0.363. The highest BCUT2D eigenvalue weighted by molar-refractivity contribution is 7.87. The molecule has 2 aliphatic heterocycles. The van der Waals surface area contributed by atoms with Crippen LogP contribution in [0.5, 0.6) is 0 Å². The third kappa shape index (κ3) is 3.13. The van der Waals surface area contributed by atoms with Crippen molar-refractivity contribution in [3.63, 3.8) is 0 Å². The van der Waals surface area contributed by atoms with Gasteiger partial charge in [0, 0.05) is 45.7 Å². The van der Waals surface area contributed by atoms with Gasteiger partial charge in [-0.1, -0.05) is 12.1 Å². The molecule has 0 bridgehead atoms. The Kier molecular flexibility index (Phi) is 4.78. The Balaban J connectivity index is 1.53. The number of piperidine rings is 1. The van der Waals surface area contributed by atoms with Crippen LogP contribution in [0.25, 0.3) is 0 Å². The summed E-state index contributed by atoms with van der Waals surface area (Å²) in [6.07, 6.45) is 2.44.